The minimum Gasteiger partial charge on any atom is -0.496 e. The summed E-state index contributed by atoms with van der Waals surface area (Å²) in [5, 5.41) is 5.95. The molecule has 0 spiro atoms. The zero-order valence-electron chi connectivity index (χ0n) is 15.1. The summed E-state index contributed by atoms with van der Waals surface area (Å²) < 4.78 is 51.1. The predicted molar refractivity (Wildman–Crippen MR) is 90.0 cm³/mol. The third-order valence-electron chi connectivity index (χ3n) is 3.96. The summed E-state index contributed by atoms with van der Waals surface area (Å²) in [5.74, 6) is -0.793. The number of nitrogens with zero attached hydrogens (tertiary/aromatic N) is 2. The Morgan fingerprint density at radius 2 is 2.00 bits per heavy atom. The molecule has 0 saturated carbocycles. The number of hydrogen-bond acceptors (Lipinski definition) is 6. The van der Waals surface area contributed by atoms with Crippen LogP contribution in [0.5, 0.6) is 5.75 Å². The van der Waals surface area contributed by atoms with Gasteiger partial charge in [0.1, 0.15) is 5.75 Å². The van der Waals surface area contributed by atoms with Crippen molar-refractivity contribution in [3.05, 3.63) is 41.5 Å². The molecule has 0 aliphatic rings. The molecular weight excluding hydrogens is 365 g/mol. The number of hydrogen-bond donors (Lipinski definition) is 2. The zero-order chi connectivity index (χ0) is 20.2. The monoisotopic (exact) mass is 386 g/mol. The van der Waals surface area contributed by atoms with Crippen molar-refractivity contribution in [3.63, 3.8) is 0 Å². The third kappa shape index (κ3) is 4.21. The average molecular weight is 386 g/mol. The van der Waals surface area contributed by atoms with Gasteiger partial charge in [0.15, 0.2) is 5.82 Å². The van der Waals surface area contributed by atoms with Gasteiger partial charge in [0, 0.05) is 24.4 Å². The highest BCUT2D eigenvalue weighted by atomic mass is 19.4. The van der Waals surface area contributed by atoms with Crippen molar-refractivity contribution >= 4 is 5.91 Å². The van der Waals surface area contributed by atoms with Gasteiger partial charge in [-0.3, -0.25) is 4.79 Å². The van der Waals surface area contributed by atoms with Crippen molar-refractivity contribution in [2.75, 3.05) is 13.7 Å². The number of benzene rings is 1. The Bertz CT molecular complexity index is 792. The molecule has 2 rings (SSSR count). The Morgan fingerprint density at radius 1 is 1.33 bits per heavy atom. The number of halogens is 3. The predicted octanol–water partition coefficient (Wildman–Crippen LogP) is 2.28. The van der Waals surface area contributed by atoms with E-state index in [0.717, 1.165) is 6.07 Å². The molecule has 0 bridgehead atoms. The van der Waals surface area contributed by atoms with Gasteiger partial charge < -0.3 is 20.3 Å². The van der Waals surface area contributed by atoms with Crippen LogP contribution in [0.15, 0.2) is 28.8 Å². The lowest BCUT2D eigenvalue weighted by atomic mass is 9.88. The second-order valence-corrected chi connectivity index (χ2v) is 6.21. The molecule has 0 aliphatic heterocycles. The fraction of sp³-hybridized carbons (Fsp3) is 0.471. The standard InChI is InChI=1S/C17H21F3N4O3/c1-10(2)14-23-13(27-24-14)8-9-22-15(25)16(21,17(18,19)20)11-6-4-5-7-12(11)26-3/h4-7,10H,8-9,21H2,1-3H3,(H,22,25)/t16-/m1/s1. The second-order valence-electron chi connectivity index (χ2n) is 6.21. The molecule has 10 heteroatoms. The molecule has 3 N–H and O–H groups in total. The fourth-order valence-electron chi connectivity index (χ4n) is 2.40. The Kier molecular flexibility index (Phi) is 6.09. The number of carbonyl (C=O) groups is 1. The fourth-order valence-corrected chi connectivity index (χ4v) is 2.40. The maximum atomic E-state index is 13.7. The van der Waals surface area contributed by atoms with Gasteiger partial charge in [-0.15, -0.1) is 0 Å². The number of para-hydroxylation sites is 1. The first kappa shape index (κ1) is 20.7. The van der Waals surface area contributed by atoms with Crippen molar-refractivity contribution < 1.29 is 27.2 Å². The molecule has 2 aromatic rings. The van der Waals surface area contributed by atoms with E-state index in [-0.39, 0.29) is 30.5 Å². The molecule has 1 aromatic heterocycles. The summed E-state index contributed by atoms with van der Waals surface area (Å²) >= 11 is 0. The van der Waals surface area contributed by atoms with E-state index in [2.05, 4.69) is 15.5 Å². The van der Waals surface area contributed by atoms with Crippen LogP contribution in [0.3, 0.4) is 0 Å². The number of rotatable bonds is 7. The van der Waals surface area contributed by atoms with Crippen LogP contribution in [-0.4, -0.2) is 35.9 Å². The number of nitrogens with one attached hydrogen (secondary N) is 1. The van der Waals surface area contributed by atoms with Gasteiger partial charge in [0.05, 0.1) is 7.11 Å². The van der Waals surface area contributed by atoms with Crippen LogP contribution in [0, 0.1) is 0 Å². The summed E-state index contributed by atoms with van der Waals surface area (Å²) in [5.41, 5.74) is 1.83. The van der Waals surface area contributed by atoms with E-state index >= 15 is 0 Å². The number of carbonyl (C=O) groups excluding carboxylic acids is 1. The summed E-state index contributed by atoms with van der Waals surface area (Å²) in [6.45, 7) is 3.59. The second kappa shape index (κ2) is 7.95. The zero-order valence-corrected chi connectivity index (χ0v) is 15.1. The molecular formula is C17H21F3N4O3. The van der Waals surface area contributed by atoms with Crippen molar-refractivity contribution in [2.24, 2.45) is 5.73 Å². The molecule has 0 aliphatic carbocycles. The largest absolute Gasteiger partial charge is 0.496 e. The van der Waals surface area contributed by atoms with Crippen molar-refractivity contribution in [1.29, 1.82) is 0 Å². The summed E-state index contributed by atoms with van der Waals surface area (Å²) in [7, 11) is 1.20. The number of nitrogens with two attached hydrogens (primary N) is 1. The first-order chi connectivity index (χ1) is 12.6. The molecule has 1 atom stereocenters. The maximum absolute atomic E-state index is 13.7. The van der Waals surface area contributed by atoms with Crippen LogP contribution in [0.2, 0.25) is 0 Å². The smallest absolute Gasteiger partial charge is 0.419 e. The topological polar surface area (TPSA) is 103 Å². The van der Waals surface area contributed by atoms with Crippen molar-refractivity contribution in [2.45, 2.75) is 37.9 Å². The molecule has 0 fully saturated rings. The highest BCUT2D eigenvalue weighted by Crippen LogP contribution is 2.40. The van der Waals surface area contributed by atoms with Gasteiger partial charge in [-0.1, -0.05) is 37.2 Å². The lowest BCUT2D eigenvalue weighted by Gasteiger charge is -2.31. The van der Waals surface area contributed by atoms with Gasteiger partial charge in [-0.2, -0.15) is 18.2 Å². The number of aromatic nitrogens is 2. The highest BCUT2D eigenvalue weighted by molar-refractivity contribution is 5.89. The Morgan fingerprint density at radius 3 is 2.56 bits per heavy atom. The summed E-state index contributed by atoms with van der Waals surface area (Å²) in [6, 6.07) is 5.25. The quantitative estimate of drug-likeness (QED) is 0.757. The van der Waals surface area contributed by atoms with Crippen LogP contribution in [0.25, 0.3) is 0 Å². The Hall–Kier alpha value is -2.62. The van der Waals surface area contributed by atoms with E-state index in [0.29, 0.717) is 5.82 Å². The molecule has 7 nitrogen and oxygen atoms in total. The van der Waals surface area contributed by atoms with Gasteiger partial charge in [0.2, 0.25) is 11.4 Å². The lowest BCUT2D eigenvalue weighted by molar-refractivity contribution is -0.194. The van der Waals surface area contributed by atoms with Gasteiger partial charge in [-0.05, 0) is 6.07 Å². The Balaban J connectivity index is 2.18. The van der Waals surface area contributed by atoms with Crippen LogP contribution in [0.1, 0.15) is 37.0 Å². The molecule has 1 aromatic carbocycles. The molecule has 0 radical (unpaired) electrons. The number of methoxy groups -OCH3 is 1. The number of alkyl halides is 3. The summed E-state index contributed by atoms with van der Waals surface area (Å²) in [4.78, 5) is 16.5. The third-order valence-corrected chi connectivity index (χ3v) is 3.96. The van der Waals surface area contributed by atoms with E-state index in [9.17, 15) is 18.0 Å². The first-order valence-electron chi connectivity index (χ1n) is 8.21. The van der Waals surface area contributed by atoms with E-state index in [4.69, 9.17) is 15.0 Å². The number of ether oxygens (including phenoxy) is 1. The highest BCUT2D eigenvalue weighted by Gasteiger charge is 2.60. The van der Waals surface area contributed by atoms with Crippen LogP contribution >= 0.6 is 0 Å². The van der Waals surface area contributed by atoms with Gasteiger partial charge >= 0.3 is 6.18 Å². The molecule has 1 amide bonds. The molecule has 0 unspecified atom stereocenters. The number of amides is 1. The van der Waals surface area contributed by atoms with Gasteiger partial charge in [0.25, 0.3) is 5.91 Å². The van der Waals surface area contributed by atoms with E-state index < -0.39 is 23.2 Å². The molecule has 148 valence electrons. The molecule has 27 heavy (non-hydrogen) atoms. The van der Waals surface area contributed by atoms with Crippen LogP contribution in [-0.2, 0) is 16.8 Å². The van der Waals surface area contributed by atoms with Crippen LogP contribution in [0.4, 0.5) is 13.2 Å². The maximum Gasteiger partial charge on any atom is 0.419 e. The van der Waals surface area contributed by atoms with E-state index in [1.54, 1.807) is 0 Å². The van der Waals surface area contributed by atoms with Crippen molar-refractivity contribution in [3.8, 4) is 5.75 Å². The SMILES string of the molecule is COc1ccccc1[C@@](N)(C(=O)NCCc1nc(C(C)C)no1)C(F)(F)F. The average Bonchev–Trinajstić information content (AvgIpc) is 3.09. The minimum absolute atomic E-state index is 0.0459. The first-order valence-corrected chi connectivity index (χ1v) is 8.21. The van der Waals surface area contributed by atoms with Crippen molar-refractivity contribution in [1.82, 2.24) is 15.5 Å². The summed E-state index contributed by atoms with van der Waals surface area (Å²) in [6.07, 6.45) is -4.97. The Labute approximate surface area is 154 Å². The van der Waals surface area contributed by atoms with E-state index in [1.165, 1.54) is 25.3 Å². The molecule has 1 heterocycles. The lowest BCUT2D eigenvalue weighted by Crippen LogP contribution is -2.61. The normalized spacial score (nSPS) is 14.1. The van der Waals surface area contributed by atoms with E-state index in [1.807, 2.05) is 13.8 Å². The van der Waals surface area contributed by atoms with Crippen LogP contribution < -0.4 is 15.8 Å². The minimum atomic E-state index is -5.04. The molecule has 0 saturated heterocycles. The van der Waals surface area contributed by atoms with Gasteiger partial charge in [-0.25, -0.2) is 0 Å².